The topological polar surface area (TPSA) is 74.2 Å². The van der Waals surface area contributed by atoms with Gasteiger partial charge >= 0.3 is 0 Å². The molecule has 2 fully saturated rings. The number of hydrogen-bond acceptors (Lipinski definition) is 6. The zero-order valence-electron chi connectivity index (χ0n) is 20.0. The van der Waals surface area contributed by atoms with Crippen molar-refractivity contribution in [3.63, 3.8) is 0 Å². The van der Waals surface area contributed by atoms with Gasteiger partial charge in [-0.15, -0.1) is 0 Å². The van der Waals surface area contributed by atoms with Crippen LogP contribution in [0.1, 0.15) is 18.0 Å². The standard InChI is InChI=1S/C27H22F4N6O/c28-16-2-3-19(30)18(9-16)22-10-17(29)14-37(22)24-6-4-21-27(35-24)26(20(31)12-33-21)15-1-5-23(34-11-15)36-8-7-32-13-25(36)38/h1-6,9,11-12,17,22,32H,7-8,10,13-14H2/t17-,22+/m0/s1. The van der Waals surface area contributed by atoms with Gasteiger partial charge in [0, 0.05) is 42.4 Å². The monoisotopic (exact) mass is 522 g/mol. The van der Waals surface area contributed by atoms with E-state index in [1.165, 1.54) is 6.20 Å². The Kier molecular flexibility index (Phi) is 6.15. The molecule has 1 N–H and O–H groups in total. The molecule has 1 aromatic carbocycles. The highest BCUT2D eigenvalue weighted by atomic mass is 19.1. The van der Waals surface area contributed by atoms with E-state index in [9.17, 15) is 18.0 Å². The highest BCUT2D eigenvalue weighted by molar-refractivity contribution is 5.95. The van der Waals surface area contributed by atoms with Crippen LogP contribution in [0.2, 0.25) is 0 Å². The van der Waals surface area contributed by atoms with Crippen molar-refractivity contribution < 1.29 is 22.4 Å². The second kappa shape index (κ2) is 9.64. The predicted octanol–water partition coefficient (Wildman–Crippen LogP) is 4.33. The van der Waals surface area contributed by atoms with Gasteiger partial charge in [0.05, 0.1) is 30.8 Å². The first kappa shape index (κ1) is 24.2. The summed E-state index contributed by atoms with van der Waals surface area (Å²) >= 11 is 0. The molecular formula is C27H22F4N6O. The number of rotatable bonds is 4. The van der Waals surface area contributed by atoms with Crippen LogP contribution in [0.25, 0.3) is 22.2 Å². The molecule has 7 nitrogen and oxygen atoms in total. The molecule has 0 aliphatic carbocycles. The highest BCUT2D eigenvalue weighted by Crippen LogP contribution is 2.39. The molecule has 0 unspecified atom stereocenters. The Morgan fingerprint density at radius 2 is 1.79 bits per heavy atom. The molecule has 3 aromatic heterocycles. The minimum Gasteiger partial charge on any atom is -0.346 e. The summed E-state index contributed by atoms with van der Waals surface area (Å²) in [5, 5.41) is 3.00. The van der Waals surface area contributed by atoms with Gasteiger partial charge in [-0.1, -0.05) is 0 Å². The number of hydrogen-bond donors (Lipinski definition) is 1. The fourth-order valence-electron chi connectivity index (χ4n) is 5.11. The molecule has 2 aliphatic rings. The van der Waals surface area contributed by atoms with Crippen LogP contribution >= 0.6 is 0 Å². The molecule has 2 saturated heterocycles. The summed E-state index contributed by atoms with van der Waals surface area (Å²) in [6.45, 7) is 1.26. The van der Waals surface area contributed by atoms with Crippen LogP contribution in [-0.4, -0.2) is 53.2 Å². The lowest BCUT2D eigenvalue weighted by Gasteiger charge is -2.27. The second-order valence-electron chi connectivity index (χ2n) is 9.31. The van der Waals surface area contributed by atoms with Crippen LogP contribution in [-0.2, 0) is 4.79 Å². The summed E-state index contributed by atoms with van der Waals surface area (Å²) in [6.07, 6.45) is 1.24. The van der Waals surface area contributed by atoms with Gasteiger partial charge in [-0.05, 0) is 42.5 Å². The zero-order valence-corrected chi connectivity index (χ0v) is 20.0. The van der Waals surface area contributed by atoms with E-state index in [1.54, 1.807) is 34.1 Å². The van der Waals surface area contributed by atoms with Crippen LogP contribution in [0.15, 0.2) is 54.9 Å². The minimum atomic E-state index is -1.28. The lowest BCUT2D eigenvalue weighted by molar-refractivity contribution is -0.118. The largest absolute Gasteiger partial charge is 0.346 e. The number of amides is 1. The number of nitrogens with zero attached hydrogens (tertiary/aromatic N) is 5. The first-order valence-electron chi connectivity index (χ1n) is 12.2. The number of carbonyl (C=O) groups excluding carboxylic acids is 1. The Labute approximate surface area is 215 Å². The van der Waals surface area contributed by atoms with Crippen LogP contribution in [0, 0.1) is 17.5 Å². The molecule has 0 bridgehead atoms. The molecule has 0 saturated carbocycles. The molecular weight excluding hydrogens is 500 g/mol. The van der Waals surface area contributed by atoms with Crippen molar-refractivity contribution in [1.82, 2.24) is 20.3 Å². The third-order valence-electron chi connectivity index (χ3n) is 6.92. The van der Waals surface area contributed by atoms with Gasteiger partial charge in [-0.3, -0.25) is 14.7 Å². The molecule has 2 atom stereocenters. The Bertz CT molecular complexity index is 1530. The molecule has 0 radical (unpaired) electrons. The summed E-state index contributed by atoms with van der Waals surface area (Å²) in [7, 11) is 0. The third-order valence-corrected chi connectivity index (χ3v) is 6.92. The SMILES string of the molecule is O=C1CNCCN1c1ccc(-c2c(F)cnc3ccc(N4C[C@@H](F)C[C@@H]4c4cc(F)ccc4F)nc23)cn1. The van der Waals surface area contributed by atoms with Gasteiger partial charge in [0.2, 0.25) is 5.91 Å². The number of aromatic nitrogens is 3. The molecule has 0 spiro atoms. The fraction of sp³-hybridized carbons (Fsp3) is 0.259. The van der Waals surface area contributed by atoms with Crippen LogP contribution in [0.5, 0.6) is 0 Å². The first-order valence-corrected chi connectivity index (χ1v) is 12.2. The summed E-state index contributed by atoms with van der Waals surface area (Å²) in [4.78, 5) is 28.5. The number of nitrogens with one attached hydrogen (secondary N) is 1. The zero-order chi connectivity index (χ0) is 26.4. The quantitative estimate of drug-likeness (QED) is 0.402. The Morgan fingerprint density at radius 1 is 0.947 bits per heavy atom. The molecule has 194 valence electrons. The lowest BCUT2D eigenvalue weighted by atomic mass is 10.0. The number of benzene rings is 1. The van der Waals surface area contributed by atoms with Crippen molar-refractivity contribution in [3.05, 3.63) is 77.9 Å². The van der Waals surface area contributed by atoms with E-state index < -0.39 is 29.7 Å². The minimum absolute atomic E-state index is 0.0342. The third kappa shape index (κ3) is 4.32. The Balaban J connectivity index is 1.40. The number of piperazine rings is 1. The average Bonchev–Trinajstić information content (AvgIpc) is 3.31. The van der Waals surface area contributed by atoms with Crippen molar-refractivity contribution in [2.75, 3.05) is 36.0 Å². The number of pyridine rings is 3. The van der Waals surface area contributed by atoms with Gasteiger partial charge in [0.15, 0.2) is 5.82 Å². The number of halogens is 4. The highest BCUT2D eigenvalue weighted by Gasteiger charge is 2.36. The Morgan fingerprint density at radius 3 is 2.58 bits per heavy atom. The van der Waals surface area contributed by atoms with Crippen molar-refractivity contribution in [2.24, 2.45) is 0 Å². The Hall–Kier alpha value is -4.12. The maximum absolute atomic E-state index is 15.2. The van der Waals surface area contributed by atoms with E-state index >= 15 is 4.39 Å². The van der Waals surface area contributed by atoms with Gasteiger partial charge in [0.25, 0.3) is 0 Å². The van der Waals surface area contributed by atoms with Crippen LogP contribution in [0.4, 0.5) is 29.2 Å². The molecule has 11 heteroatoms. The normalized spacial score (nSPS) is 19.9. The van der Waals surface area contributed by atoms with E-state index in [1.807, 2.05) is 0 Å². The summed E-state index contributed by atoms with van der Waals surface area (Å²) in [5.74, 6) is -1.26. The predicted molar refractivity (Wildman–Crippen MR) is 134 cm³/mol. The van der Waals surface area contributed by atoms with Crippen molar-refractivity contribution in [1.29, 1.82) is 0 Å². The van der Waals surface area contributed by atoms with E-state index in [4.69, 9.17) is 0 Å². The number of anilines is 2. The lowest BCUT2D eigenvalue weighted by Crippen LogP contribution is -2.48. The summed E-state index contributed by atoms with van der Waals surface area (Å²) in [5.41, 5.74) is 1.22. The van der Waals surface area contributed by atoms with E-state index in [0.29, 0.717) is 30.0 Å². The van der Waals surface area contributed by atoms with Gasteiger partial charge < -0.3 is 10.2 Å². The molecule has 6 rings (SSSR count). The van der Waals surface area contributed by atoms with Crippen LogP contribution < -0.4 is 15.1 Å². The molecule has 1 amide bonds. The number of carbonyl (C=O) groups is 1. The molecule has 5 heterocycles. The van der Waals surface area contributed by atoms with Gasteiger partial charge in [0.1, 0.15) is 35.0 Å². The average molecular weight is 523 g/mol. The molecule has 38 heavy (non-hydrogen) atoms. The van der Waals surface area contributed by atoms with Gasteiger partial charge in [-0.2, -0.15) is 0 Å². The first-order chi connectivity index (χ1) is 18.4. The van der Waals surface area contributed by atoms with E-state index in [2.05, 4.69) is 20.3 Å². The smallest absolute Gasteiger partial charge is 0.242 e. The molecule has 2 aliphatic heterocycles. The summed E-state index contributed by atoms with van der Waals surface area (Å²) < 4.78 is 58.2. The van der Waals surface area contributed by atoms with Crippen LogP contribution in [0.3, 0.4) is 0 Å². The van der Waals surface area contributed by atoms with Crippen molar-refractivity contribution >= 4 is 28.6 Å². The van der Waals surface area contributed by atoms with Crippen molar-refractivity contribution in [3.8, 4) is 11.1 Å². The second-order valence-corrected chi connectivity index (χ2v) is 9.31. The molecule has 4 aromatic rings. The maximum atomic E-state index is 15.2. The van der Waals surface area contributed by atoms with Gasteiger partial charge in [-0.25, -0.2) is 27.5 Å². The van der Waals surface area contributed by atoms with Crippen molar-refractivity contribution in [2.45, 2.75) is 18.6 Å². The number of alkyl halides is 1. The fourth-order valence-corrected chi connectivity index (χ4v) is 5.11. The van der Waals surface area contributed by atoms with E-state index in [0.717, 1.165) is 24.4 Å². The summed E-state index contributed by atoms with van der Waals surface area (Å²) in [6, 6.07) is 8.85. The maximum Gasteiger partial charge on any atom is 0.242 e. The number of fused-ring (bicyclic) bond motifs is 1. The van der Waals surface area contributed by atoms with E-state index in [-0.39, 0.29) is 47.9 Å².